The van der Waals surface area contributed by atoms with E-state index in [-0.39, 0.29) is 0 Å². The van der Waals surface area contributed by atoms with Gasteiger partial charge in [0.25, 0.3) is 0 Å². The lowest BCUT2D eigenvalue weighted by Crippen LogP contribution is -2.00. The van der Waals surface area contributed by atoms with Crippen molar-refractivity contribution in [2.45, 2.75) is 40.5 Å². The predicted molar refractivity (Wildman–Crippen MR) is 84.6 cm³/mol. The number of hydrogen-bond acceptors (Lipinski definition) is 2. The third-order valence-electron chi connectivity index (χ3n) is 3.28. The zero-order valence-electron chi connectivity index (χ0n) is 12.9. The summed E-state index contributed by atoms with van der Waals surface area (Å²) in [7, 11) is 0. The van der Waals surface area contributed by atoms with Crippen LogP contribution in [0.5, 0.6) is 0 Å². The van der Waals surface area contributed by atoms with E-state index in [1.807, 2.05) is 18.6 Å². The van der Waals surface area contributed by atoms with Gasteiger partial charge in [0, 0.05) is 24.3 Å². The summed E-state index contributed by atoms with van der Waals surface area (Å²) in [5.41, 5.74) is 5.05. The summed E-state index contributed by atoms with van der Waals surface area (Å²) in [5, 5.41) is 0. The van der Waals surface area contributed by atoms with Gasteiger partial charge in [0.2, 0.25) is 0 Å². The molecule has 0 amide bonds. The van der Waals surface area contributed by atoms with Crippen LogP contribution in [0.4, 0.5) is 0 Å². The highest BCUT2D eigenvalue weighted by molar-refractivity contribution is 5.66. The van der Waals surface area contributed by atoms with Crippen LogP contribution in [0.25, 0.3) is 11.1 Å². The van der Waals surface area contributed by atoms with Crippen LogP contribution in [0.1, 0.15) is 39.0 Å². The van der Waals surface area contributed by atoms with E-state index in [0.717, 1.165) is 12.8 Å². The first-order chi connectivity index (χ1) is 9.56. The molecule has 0 saturated heterocycles. The van der Waals surface area contributed by atoms with Crippen LogP contribution in [0.2, 0.25) is 0 Å². The van der Waals surface area contributed by atoms with Gasteiger partial charge < -0.3 is 0 Å². The number of hydrogen-bond donors (Lipinski definition) is 0. The molecule has 2 heterocycles. The largest absolute Gasteiger partial charge is 0.264 e. The topological polar surface area (TPSA) is 25.8 Å². The second-order valence-electron chi connectivity index (χ2n) is 6.26. The second kappa shape index (κ2) is 6.65. The lowest BCUT2D eigenvalue weighted by Gasteiger charge is -2.12. The first-order valence-corrected chi connectivity index (χ1v) is 7.44. The van der Waals surface area contributed by atoms with Crippen LogP contribution in [-0.4, -0.2) is 9.97 Å². The third kappa shape index (κ3) is 3.89. The number of aromatic nitrogens is 2. The van der Waals surface area contributed by atoms with E-state index < -0.39 is 0 Å². The lowest BCUT2D eigenvalue weighted by molar-refractivity contribution is 0.635. The molecule has 0 aromatic carbocycles. The molecule has 0 atom stereocenters. The molecule has 0 N–H and O–H groups in total. The van der Waals surface area contributed by atoms with Crippen molar-refractivity contribution in [3.63, 3.8) is 0 Å². The molecular weight excluding hydrogens is 244 g/mol. The van der Waals surface area contributed by atoms with E-state index >= 15 is 0 Å². The summed E-state index contributed by atoms with van der Waals surface area (Å²) in [5.74, 6) is 1.26. The molecule has 2 aromatic rings. The van der Waals surface area contributed by atoms with Crippen molar-refractivity contribution in [2.75, 3.05) is 0 Å². The summed E-state index contributed by atoms with van der Waals surface area (Å²) in [4.78, 5) is 8.76. The standard InChI is InChI=1S/C18H24N2/c1-13(2)9-16-12-19-7-6-18(16)15-5-8-20-17(11-15)10-14(3)4/h5-8,11-14H,9-10H2,1-4H3. The summed E-state index contributed by atoms with van der Waals surface area (Å²) in [6.07, 6.45) is 7.88. The molecular formula is C18H24N2. The zero-order chi connectivity index (χ0) is 14.5. The van der Waals surface area contributed by atoms with Gasteiger partial charge in [-0.2, -0.15) is 0 Å². The monoisotopic (exact) mass is 268 g/mol. The molecule has 2 rings (SSSR count). The minimum absolute atomic E-state index is 0.630. The zero-order valence-corrected chi connectivity index (χ0v) is 12.9. The van der Waals surface area contributed by atoms with E-state index in [1.165, 1.54) is 22.4 Å². The molecule has 0 radical (unpaired) electrons. The van der Waals surface area contributed by atoms with Gasteiger partial charge in [-0.15, -0.1) is 0 Å². The fourth-order valence-electron chi connectivity index (χ4n) is 2.49. The molecule has 20 heavy (non-hydrogen) atoms. The highest BCUT2D eigenvalue weighted by atomic mass is 14.7. The maximum absolute atomic E-state index is 4.48. The highest BCUT2D eigenvalue weighted by Gasteiger charge is 2.08. The Kier molecular flexibility index (Phi) is 4.89. The maximum Gasteiger partial charge on any atom is 0.0412 e. The molecule has 0 bridgehead atoms. The summed E-state index contributed by atoms with van der Waals surface area (Å²) < 4.78 is 0. The van der Waals surface area contributed by atoms with E-state index in [2.05, 4.69) is 55.9 Å². The Bertz CT molecular complexity index is 559. The Labute approximate surface area is 122 Å². The van der Waals surface area contributed by atoms with Crippen molar-refractivity contribution in [1.29, 1.82) is 0 Å². The molecule has 0 fully saturated rings. The average molecular weight is 268 g/mol. The second-order valence-corrected chi connectivity index (χ2v) is 6.26. The number of pyridine rings is 2. The first-order valence-electron chi connectivity index (χ1n) is 7.44. The van der Waals surface area contributed by atoms with E-state index in [0.29, 0.717) is 11.8 Å². The fraction of sp³-hybridized carbons (Fsp3) is 0.444. The van der Waals surface area contributed by atoms with Crippen molar-refractivity contribution in [2.24, 2.45) is 11.8 Å². The molecule has 2 nitrogen and oxygen atoms in total. The molecule has 0 aliphatic rings. The van der Waals surface area contributed by atoms with E-state index in [4.69, 9.17) is 0 Å². The van der Waals surface area contributed by atoms with Crippen LogP contribution in [0, 0.1) is 11.8 Å². The molecule has 2 aromatic heterocycles. The van der Waals surface area contributed by atoms with Crippen molar-refractivity contribution in [1.82, 2.24) is 9.97 Å². The SMILES string of the molecule is CC(C)Cc1cc(-c2ccncc2CC(C)C)ccn1. The molecule has 106 valence electrons. The van der Waals surface area contributed by atoms with E-state index in [1.54, 1.807) is 0 Å². The van der Waals surface area contributed by atoms with Crippen molar-refractivity contribution >= 4 is 0 Å². The van der Waals surface area contributed by atoms with Gasteiger partial charge >= 0.3 is 0 Å². The van der Waals surface area contributed by atoms with Gasteiger partial charge in [0.1, 0.15) is 0 Å². The molecule has 2 heteroatoms. The fourth-order valence-corrected chi connectivity index (χ4v) is 2.49. The van der Waals surface area contributed by atoms with Gasteiger partial charge in [-0.05, 0) is 59.6 Å². The minimum atomic E-state index is 0.630. The highest BCUT2D eigenvalue weighted by Crippen LogP contribution is 2.25. The van der Waals surface area contributed by atoms with Crippen molar-refractivity contribution < 1.29 is 0 Å². The van der Waals surface area contributed by atoms with Gasteiger partial charge in [0.15, 0.2) is 0 Å². The normalized spacial score (nSPS) is 11.3. The predicted octanol–water partition coefficient (Wildman–Crippen LogP) is 4.54. The summed E-state index contributed by atoms with van der Waals surface area (Å²) in [6.45, 7) is 8.94. The average Bonchev–Trinajstić information content (AvgIpc) is 2.38. The van der Waals surface area contributed by atoms with Crippen LogP contribution >= 0.6 is 0 Å². The molecule has 0 aliphatic carbocycles. The first kappa shape index (κ1) is 14.7. The number of nitrogens with zero attached hydrogens (tertiary/aromatic N) is 2. The van der Waals surface area contributed by atoms with Crippen LogP contribution in [0.3, 0.4) is 0 Å². The third-order valence-corrected chi connectivity index (χ3v) is 3.28. The van der Waals surface area contributed by atoms with Gasteiger partial charge in [-0.25, -0.2) is 0 Å². The van der Waals surface area contributed by atoms with Crippen LogP contribution in [-0.2, 0) is 12.8 Å². The Hall–Kier alpha value is -1.70. The quantitative estimate of drug-likeness (QED) is 0.795. The van der Waals surface area contributed by atoms with Crippen molar-refractivity contribution in [3.8, 4) is 11.1 Å². The van der Waals surface area contributed by atoms with Crippen LogP contribution < -0.4 is 0 Å². The Morgan fingerprint density at radius 2 is 1.70 bits per heavy atom. The Balaban J connectivity index is 2.36. The van der Waals surface area contributed by atoms with Gasteiger partial charge in [0.05, 0.1) is 0 Å². The minimum Gasteiger partial charge on any atom is -0.264 e. The molecule has 0 aliphatic heterocycles. The Morgan fingerprint density at radius 3 is 2.40 bits per heavy atom. The lowest BCUT2D eigenvalue weighted by atomic mass is 9.95. The van der Waals surface area contributed by atoms with E-state index in [9.17, 15) is 0 Å². The van der Waals surface area contributed by atoms with Crippen LogP contribution in [0.15, 0.2) is 36.8 Å². The molecule has 0 unspecified atom stereocenters. The van der Waals surface area contributed by atoms with Crippen molar-refractivity contribution in [3.05, 3.63) is 48.0 Å². The van der Waals surface area contributed by atoms with Gasteiger partial charge in [-0.1, -0.05) is 27.7 Å². The maximum atomic E-state index is 4.48. The smallest absolute Gasteiger partial charge is 0.0412 e. The molecule has 0 spiro atoms. The summed E-state index contributed by atoms with van der Waals surface area (Å²) in [6, 6.07) is 6.44. The van der Waals surface area contributed by atoms with Gasteiger partial charge in [-0.3, -0.25) is 9.97 Å². The summed E-state index contributed by atoms with van der Waals surface area (Å²) >= 11 is 0. The molecule has 0 saturated carbocycles. The number of rotatable bonds is 5. The Morgan fingerprint density at radius 1 is 0.950 bits per heavy atom.